The van der Waals surface area contributed by atoms with Crippen LogP contribution < -0.4 is 0 Å². The monoisotopic (exact) mass is 384 g/mol. The zero-order chi connectivity index (χ0) is 8.72. The van der Waals surface area contributed by atoms with E-state index in [0.29, 0.717) is 12.2 Å². The lowest BCUT2D eigenvalue weighted by atomic mass is 10.1. The number of hydrogen-bond acceptors (Lipinski definition) is 1. The molecule has 0 heterocycles. The molecule has 0 fully saturated rings. The molecule has 0 saturated carbocycles. The van der Waals surface area contributed by atoms with Crippen LogP contribution in [0.25, 0.3) is 0 Å². The summed E-state index contributed by atoms with van der Waals surface area (Å²) >= 11 is 4.53. The first-order valence-electron chi connectivity index (χ1n) is 3.70. The minimum atomic E-state index is 0.313. The van der Waals surface area contributed by atoms with E-state index >= 15 is 0 Å². The number of Topliss-reactive ketones (excluding diaryl/α,β-unsaturated/α-hetero) is 1. The first kappa shape index (κ1) is 8.93. The predicted octanol–water partition coefficient (Wildman–Crippen LogP) is 3.02. The molecule has 0 spiro atoms. The van der Waals surface area contributed by atoms with E-state index in [0.717, 1.165) is 15.6 Å². The molecule has 1 aromatic carbocycles. The molecule has 0 radical (unpaired) electrons. The van der Waals surface area contributed by atoms with Crippen LogP contribution in [-0.2, 0) is 6.42 Å². The summed E-state index contributed by atoms with van der Waals surface area (Å²) in [7, 11) is 0. The molecule has 1 nitrogen and oxygen atoms in total. The predicted molar refractivity (Wildman–Crippen MR) is 64.5 cm³/mol. The lowest BCUT2D eigenvalue weighted by Gasteiger charge is -2.02. The molecule has 1 aromatic rings. The second-order valence-electron chi connectivity index (χ2n) is 2.81. The van der Waals surface area contributed by atoms with Gasteiger partial charge in [-0.2, -0.15) is 0 Å². The van der Waals surface area contributed by atoms with Gasteiger partial charge in [-0.05, 0) is 69.3 Å². The number of carbonyl (C=O) groups is 1. The van der Waals surface area contributed by atoms with Crippen LogP contribution in [-0.4, -0.2) is 5.78 Å². The summed E-state index contributed by atoms with van der Waals surface area (Å²) in [5.74, 6) is 0.313. The van der Waals surface area contributed by atoms with Crippen molar-refractivity contribution < 1.29 is 4.79 Å². The van der Waals surface area contributed by atoms with Crippen LogP contribution in [0.3, 0.4) is 0 Å². The fourth-order valence-corrected chi connectivity index (χ4v) is 3.03. The summed E-state index contributed by atoms with van der Waals surface area (Å²) in [5.41, 5.74) is 2.23. The van der Waals surface area contributed by atoms with Gasteiger partial charge in [0.2, 0.25) is 0 Å². The number of benzene rings is 1. The maximum Gasteiger partial charge on any atom is 0.164 e. The maximum atomic E-state index is 11.4. The van der Waals surface area contributed by atoms with Crippen LogP contribution in [0.2, 0.25) is 0 Å². The van der Waals surface area contributed by atoms with E-state index in [4.69, 9.17) is 0 Å². The highest BCUT2D eigenvalue weighted by Gasteiger charge is 2.23. The van der Waals surface area contributed by atoms with Crippen molar-refractivity contribution in [2.24, 2.45) is 0 Å². The minimum absolute atomic E-state index is 0.313. The maximum absolute atomic E-state index is 11.4. The van der Waals surface area contributed by atoms with Gasteiger partial charge in [0.1, 0.15) is 0 Å². The van der Waals surface area contributed by atoms with E-state index in [-0.39, 0.29) is 0 Å². The van der Waals surface area contributed by atoms with Crippen molar-refractivity contribution in [2.45, 2.75) is 12.8 Å². The van der Waals surface area contributed by atoms with Crippen molar-refractivity contribution in [1.82, 2.24) is 0 Å². The van der Waals surface area contributed by atoms with Crippen molar-refractivity contribution in [2.75, 3.05) is 0 Å². The second-order valence-corrected chi connectivity index (χ2v) is 5.13. The summed E-state index contributed by atoms with van der Waals surface area (Å²) in [6.45, 7) is 0. The molecule has 0 aromatic heterocycles. The Hall–Kier alpha value is 0.350. The van der Waals surface area contributed by atoms with E-state index in [1.54, 1.807) is 0 Å². The molecule has 62 valence electrons. The average molecular weight is 384 g/mol. The van der Waals surface area contributed by atoms with Gasteiger partial charge in [0, 0.05) is 19.1 Å². The van der Waals surface area contributed by atoms with Crippen molar-refractivity contribution in [3.63, 3.8) is 0 Å². The standard InChI is InChI=1S/C9H6I2O/c10-6-2-3-7(11)9-5(6)1-4-8(9)12/h2-3H,1,4H2. The fraction of sp³-hybridized carbons (Fsp3) is 0.222. The average Bonchev–Trinajstić information content (AvgIpc) is 2.42. The zero-order valence-electron chi connectivity index (χ0n) is 6.23. The summed E-state index contributed by atoms with van der Waals surface area (Å²) in [4.78, 5) is 11.4. The lowest BCUT2D eigenvalue weighted by Crippen LogP contribution is -1.96. The van der Waals surface area contributed by atoms with Crippen molar-refractivity contribution >= 4 is 51.0 Å². The van der Waals surface area contributed by atoms with Crippen LogP contribution in [0.5, 0.6) is 0 Å². The molecule has 0 amide bonds. The SMILES string of the molecule is O=C1CCc2c(I)ccc(I)c21. The molecular weight excluding hydrogens is 378 g/mol. The van der Waals surface area contributed by atoms with E-state index < -0.39 is 0 Å². The summed E-state index contributed by atoms with van der Waals surface area (Å²) in [6, 6.07) is 4.10. The quantitative estimate of drug-likeness (QED) is 0.629. The lowest BCUT2D eigenvalue weighted by molar-refractivity contribution is 0.0994. The van der Waals surface area contributed by atoms with Crippen molar-refractivity contribution in [3.8, 4) is 0 Å². The van der Waals surface area contributed by atoms with Crippen LogP contribution in [0.1, 0.15) is 22.3 Å². The Morgan fingerprint density at radius 2 is 1.75 bits per heavy atom. The van der Waals surface area contributed by atoms with Crippen LogP contribution >= 0.6 is 45.2 Å². The van der Waals surface area contributed by atoms with Gasteiger partial charge in [-0.3, -0.25) is 4.79 Å². The molecule has 0 unspecified atom stereocenters. The highest BCUT2D eigenvalue weighted by atomic mass is 127. The third-order valence-corrected chi connectivity index (χ3v) is 4.00. The molecule has 12 heavy (non-hydrogen) atoms. The van der Waals surface area contributed by atoms with Gasteiger partial charge in [0.05, 0.1) is 0 Å². The first-order chi connectivity index (χ1) is 5.70. The fourth-order valence-electron chi connectivity index (χ4n) is 1.50. The number of carbonyl (C=O) groups excluding carboxylic acids is 1. The molecule has 0 atom stereocenters. The minimum Gasteiger partial charge on any atom is -0.294 e. The van der Waals surface area contributed by atoms with Crippen molar-refractivity contribution in [1.29, 1.82) is 0 Å². The molecule has 1 aliphatic carbocycles. The number of ketones is 1. The summed E-state index contributed by atoms with van der Waals surface area (Å²) in [5, 5.41) is 0. The second kappa shape index (κ2) is 3.25. The van der Waals surface area contributed by atoms with E-state index in [1.807, 2.05) is 6.07 Å². The summed E-state index contributed by atoms with van der Waals surface area (Å²) in [6.07, 6.45) is 1.63. The number of fused-ring (bicyclic) bond motifs is 1. The topological polar surface area (TPSA) is 17.1 Å². The van der Waals surface area contributed by atoms with Gasteiger partial charge >= 0.3 is 0 Å². The molecular formula is C9H6I2O. The van der Waals surface area contributed by atoms with E-state index in [2.05, 4.69) is 51.2 Å². The molecule has 0 bridgehead atoms. The Kier molecular flexibility index (Phi) is 2.42. The molecule has 1 aliphatic rings. The van der Waals surface area contributed by atoms with Gasteiger partial charge in [0.25, 0.3) is 0 Å². The van der Waals surface area contributed by atoms with Gasteiger partial charge in [0.15, 0.2) is 5.78 Å². The largest absolute Gasteiger partial charge is 0.294 e. The third-order valence-electron chi connectivity index (χ3n) is 2.09. The van der Waals surface area contributed by atoms with Gasteiger partial charge in [-0.25, -0.2) is 0 Å². The van der Waals surface area contributed by atoms with Crippen LogP contribution in [0, 0.1) is 7.14 Å². The first-order valence-corrected chi connectivity index (χ1v) is 5.86. The van der Waals surface area contributed by atoms with Gasteiger partial charge < -0.3 is 0 Å². The smallest absolute Gasteiger partial charge is 0.164 e. The normalized spacial score (nSPS) is 15.0. The number of hydrogen-bond donors (Lipinski definition) is 0. The van der Waals surface area contributed by atoms with E-state index in [9.17, 15) is 4.79 Å². The highest BCUT2D eigenvalue weighted by molar-refractivity contribution is 14.1. The van der Waals surface area contributed by atoms with Crippen molar-refractivity contribution in [3.05, 3.63) is 30.4 Å². The Labute approximate surface area is 98.2 Å². The molecule has 2 rings (SSSR count). The Bertz CT molecular complexity index is 358. The molecule has 0 N–H and O–H groups in total. The molecule has 3 heteroatoms. The van der Waals surface area contributed by atoms with Gasteiger partial charge in [-0.1, -0.05) is 0 Å². The molecule has 0 aliphatic heterocycles. The third kappa shape index (κ3) is 1.30. The Morgan fingerprint density at radius 3 is 2.42 bits per heavy atom. The summed E-state index contributed by atoms with van der Waals surface area (Å²) < 4.78 is 2.33. The van der Waals surface area contributed by atoms with Crippen LogP contribution in [0.4, 0.5) is 0 Å². The van der Waals surface area contributed by atoms with Crippen LogP contribution in [0.15, 0.2) is 12.1 Å². The Morgan fingerprint density at radius 1 is 1.08 bits per heavy atom. The zero-order valence-corrected chi connectivity index (χ0v) is 10.5. The Balaban J connectivity index is 2.72. The highest BCUT2D eigenvalue weighted by Crippen LogP contribution is 2.30. The molecule has 0 saturated heterocycles. The van der Waals surface area contributed by atoms with Gasteiger partial charge in [-0.15, -0.1) is 0 Å². The van der Waals surface area contributed by atoms with E-state index in [1.165, 1.54) is 9.13 Å². The number of rotatable bonds is 0. The number of halogens is 2.